The molecule has 1 aliphatic rings. The Bertz CT molecular complexity index is 901. The third-order valence-electron chi connectivity index (χ3n) is 4.89. The molecule has 3 aromatic rings. The minimum Gasteiger partial charge on any atom is -0.437 e. The number of aryl methyl sites for hydroxylation is 2. The van der Waals surface area contributed by atoms with Crippen LogP contribution in [-0.2, 0) is 19.4 Å². The molecule has 7 nitrogen and oxygen atoms in total. The summed E-state index contributed by atoms with van der Waals surface area (Å²) in [6.07, 6.45) is 1.48. The Morgan fingerprint density at radius 2 is 1.96 bits per heavy atom. The minimum atomic E-state index is -0.318. The van der Waals surface area contributed by atoms with Crippen LogP contribution in [0.2, 0.25) is 0 Å². The maximum absolute atomic E-state index is 12.4. The molecule has 140 valence electrons. The van der Waals surface area contributed by atoms with E-state index in [2.05, 4.69) is 20.4 Å². The largest absolute Gasteiger partial charge is 0.437 e. The number of carbonyl (C=O) groups excluding carboxylic acids is 1. The quantitative estimate of drug-likeness (QED) is 0.764. The van der Waals surface area contributed by atoms with Crippen LogP contribution in [0.5, 0.6) is 0 Å². The Balaban J connectivity index is 1.41. The zero-order chi connectivity index (χ0) is 18.8. The van der Waals surface area contributed by atoms with Gasteiger partial charge in [-0.15, -0.1) is 0 Å². The fraction of sp³-hybridized carbons (Fsp3) is 0.350. The Labute approximate surface area is 157 Å². The van der Waals surface area contributed by atoms with Crippen molar-refractivity contribution in [1.29, 1.82) is 0 Å². The zero-order valence-corrected chi connectivity index (χ0v) is 15.5. The van der Waals surface area contributed by atoms with Crippen LogP contribution < -0.4 is 5.32 Å². The second kappa shape index (κ2) is 7.36. The van der Waals surface area contributed by atoms with Crippen LogP contribution in [0.3, 0.4) is 0 Å². The van der Waals surface area contributed by atoms with Gasteiger partial charge in [-0.25, -0.2) is 4.98 Å². The number of nitrogens with one attached hydrogen (secondary N) is 1. The van der Waals surface area contributed by atoms with Gasteiger partial charge in [0.2, 0.25) is 0 Å². The Kier molecular flexibility index (Phi) is 4.77. The molecular formula is C20H22N4O3. The Hall–Kier alpha value is -2.93. The van der Waals surface area contributed by atoms with Gasteiger partial charge in [-0.1, -0.05) is 23.4 Å². The van der Waals surface area contributed by atoms with Crippen LogP contribution in [0.15, 0.2) is 39.3 Å². The highest BCUT2D eigenvalue weighted by Gasteiger charge is 2.24. The maximum atomic E-state index is 12.4. The molecule has 27 heavy (non-hydrogen) atoms. The Morgan fingerprint density at radius 1 is 1.19 bits per heavy atom. The molecule has 1 N–H and O–H groups in total. The normalized spacial score (nSPS) is 14.6. The van der Waals surface area contributed by atoms with Crippen LogP contribution in [-0.4, -0.2) is 34.0 Å². The summed E-state index contributed by atoms with van der Waals surface area (Å²) in [5.41, 5.74) is 3.67. The predicted octanol–water partition coefficient (Wildman–Crippen LogP) is 3.13. The summed E-state index contributed by atoms with van der Waals surface area (Å²) in [6.45, 7) is 6.39. The molecule has 0 unspecified atom stereocenters. The highest BCUT2D eigenvalue weighted by molar-refractivity contribution is 6.00. The smallest absolute Gasteiger partial charge is 0.311 e. The summed E-state index contributed by atoms with van der Waals surface area (Å²) in [6, 6.07) is 9.30. The molecule has 0 atom stereocenters. The second-order valence-electron chi connectivity index (χ2n) is 6.79. The van der Waals surface area contributed by atoms with E-state index in [1.807, 2.05) is 44.2 Å². The molecule has 0 saturated heterocycles. The molecule has 1 aliphatic heterocycles. The van der Waals surface area contributed by atoms with Crippen molar-refractivity contribution in [3.05, 3.63) is 64.7 Å². The number of carbonyl (C=O) groups is 1. The first-order valence-electron chi connectivity index (χ1n) is 9.09. The lowest BCUT2D eigenvalue weighted by Gasteiger charge is -2.19. The number of oxazole rings is 1. The number of anilines is 1. The van der Waals surface area contributed by atoms with Gasteiger partial charge in [-0.2, -0.15) is 0 Å². The molecule has 0 fully saturated rings. The third-order valence-corrected chi connectivity index (χ3v) is 4.89. The lowest BCUT2D eigenvalue weighted by atomic mass is 10.2. The first-order valence-corrected chi connectivity index (χ1v) is 9.09. The van der Waals surface area contributed by atoms with E-state index in [1.54, 1.807) is 0 Å². The van der Waals surface area contributed by atoms with Gasteiger partial charge in [0.25, 0.3) is 5.89 Å². The lowest BCUT2D eigenvalue weighted by Crippen LogP contribution is -2.26. The number of fused-ring (bicyclic) bond motifs is 1. The Morgan fingerprint density at radius 3 is 2.70 bits per heavy atom. The molecule has 0 radical (unpaired) electrons. The van der Waals surface area contributed by atoms with Gasteiger partial charge in [0.1, 0.15) is 11.5 Å². The maximum Gasteiger partial charge on any atom is 0.311 e. The van der Waals surface area contributed by atoms with Crippen molar-refractivity contribution < 1.29 is 13.7 Å². The molecule has 0 bridgehead atoms. The van der Waals surface area contributed by atoms with Crippen LogP contribution in [0.25, 0.3) is 0 Å². The SMILES string of the molecule is Cc1noc(C)c1CN1CCc2nc(C(=O)Nc3ccccc3)oc2CC1. The van der Waals surface area contributed by atoms with Crippen LogP contribution >= 0.6 is 0 Å². The molecule has 0 aliphatic carbocycles. The fourth-order valence-corrected chi connectivity index (χ4v) is 3.32. The monoisotopic (exact) mass is 366 g/mol. The number of para-hydroxylation sites is 1. The van der Waals surface area contributed by atoms with E-state index in [4.69, 9.17) is 8.94 Å². The zero-order valence-electron chi connectivity index (χ0n) is 15.5. The second-order valence-corrected chi connectivity index (χ2v) is 6.79. The number of benzene rings is 1. The number of hydrogen-bond acceptors (Lipinski definition) is 6. The average molecular weight is 366 g/mol. The van der Waals surface area contributed by atoms with E-state index in [0.29, 0.717) is 0 Å². The van der Waals surface area contributed by atoms with Crippen molar-refractivity contribution in [2.75, 3.05) is 18.4 Å². The van der Waals surface area contributed by atoms with Gasteiger partial charge in [0.05, 0.1) is 11.4 Å². The first kappa shape index (κ1) is 17.5. The summed E-state index contributed by atoms with van der Waals surface area (Å²) in [5.74, 6) is 1.48. The molecule has 0 spiro atoms. The molecule has 2 aromatic heterocycles. The molecule has 3 heterocycles. The van der Waals surface area contributed by atoms with Crippen LogP contribution in [0, 0.1) is 13.8 Å². The fourth-order valence-electron chi connectivity index (χ4n) is 3.32. The summed E-state index contributed by atoms with van der Waals surface area (Å²) >= 11 is 0. The highest BCUT2D eigenvalue weighted by Crippen LogP contribution is 2.21. The molecule has 4 rings (SSSR count). The van der Waals surface area contributed by atoms with Crippen molar-refractivity contribution in [3.63, 3.8) is 0 Å². The van der Waals surface area contributed by atoms with Crippen LogP contribution in [0.1, 0.15) is 39.2 Å². The number of hydrogen-bond donors (Lipinski definition) is 1. The van der Waals surface area contributed by atoms with Gasteiger partial charge in [0.15, 0.2) is 0 Å². The number of amides is 1. The van der Waals surface area contributed by atoms with Gasteiger partial charge in [0, 0.05) is 43.7 Å². The van der Waals surface area contributed by atoms with E-state index in [0.717, 1.165) is 66.6 Å². The predicted molar refractivity (Wildman–Crippen MR) is 99.6 cm³/mol. The summed E-state index contributed by atoms with van der Waals surface area (Å²) in [4.78, 5) is 19.2. The number of aromatic nitrogens is 2. The molecule has 1 aromatic carbocycles. The van der Waals surface area contributed by atoms with Crippen molar-refractivity contribution in [2.45, 2.75) is 33.2 Å². The molecule has 0 saturated carbocycles. The standard InChI is InChI=1S/C20H22N4O3/c1-13-16(14(2)27-23-13)12-24-10-8-17-18(9-11-24)26-20(22-17)19(25)21-15-6-4-3-5-7-15/h3-7H,8-12H2,1-2H3,(H,21,25). The van der Waals surface area contributed by atoms with Gasteiger partial charge in [-0.3, -0.25) is 9.69 Å². The average Bonchev–Trinajstić information content (AvgIpc) is 3.16. The summed E-state index contributed by atoms with van der Waals surface area (Å²) in [5, 5.41) is 6.83. The van der Waals surface area contributed by atoms with E-state index in [-0.39, 0.29) is 11.8 Å². The van der Waals surface area contributed by atoms with Crippen molar-refractivity contribution >= 4 is 11.6 Å². The molecule has 1 amide bonds. The van der Waals surface area contributed by atoms with Crippen LogP contribution in [0.4, 0.5) is 5.69 Å². The van der Waals surface area contributed by atoms with Crippen molar-refractivity contribution in [2.24, 2.45) is 0 Å². The van der Waals surface area contributed by atoms with E-state index in [1.165, 1.54) is 0 Å². The number of rotatable bonds is 4. The van der Waals surface area contributed by atoms with Gasteiger partial charge in [-0.05, 0) is 26.0 Å². The van der Waals surface area contributed by atoms with Crippen molar-refractivity contribution in [1.82, 2.24) is 15.0 Å². The summed E-state index contributed by atoms with van der Waals surface area (Å²) < 4.78 is 11.0. The topological polar surface area (TPSA) is 84.4 Å². The van der Waals surface area contributed by atoms with E-state index < -0.39 is 0 Å². The van der Waals surface area contributed by atoms with Crippen molar-refractivity contribution in [3.8, 4) is 0 Å². The minimum absolute atomic E-state index is 0.128. The first-order chi connectivity index (χ1) is 13.1. The lowest BCUT2D eigenvalue weighted by molar-refractivity contribution is 0.0988. The molecule has 7 heteroatoms. The number of nitrogens with zero attached hydrogens (tertiary/aromatic N) is 3. The van der Waals surface area contributed by atoms with Gasteiger partial charge >= 0.3 is 5.91 Å². The highest BCUT2D eigenvalue weighted by atomic mass is 16.5. The van der Waals surface area contributed by atoms with E-state index in [9.17, 15) is 4.79 Å². The third kappa shape index (κ3) is 3.78. The van der Waals surface area contributed by atoms with E-state index >= 15 is 0 Å². The molecular weight excluding hydrogens is 344 g/mol. The van der Waals surface area contributed by atoms with Gasteiger partial charge < -0.3 is 14.3 Å². The summed E-state index contributed by atoms with van der Waals surface area (Å²) in [7, 11) is 0.